The van der Waals surface area contributed by atoms with Crippen molar-refractivity contribution in [2.75, 3.05) is 12.4 Å². The third-order valence-electron chi connectivity index (χ3n) is 3.73. The summed E-state index contributed by atoms with van der Waals surface area (Å²) in [5.41, 5.74) is 1.20. The van der Waals surface area contributed by atoms with Gasteiger partial charge in [0, 0.05) is 30.7 Å². The van der Waals surface area contributed by atoms with E-state index >= 15 is 0 Å². The Morgan fingerprint density at radius 3 is 3.00 bits per heavy atom. The van der Waals surface area contributed by atoms with Crippen molar-refractivity contribution in [1.29, 1.82) is 0 Å². The van der Waals surface area contributed by atoms with Gasteiger partial charge in [0.25, 0.3) is 0 Å². The van der Waals surface area contributed by atoms with Crippen LogP contribution in [0, 0.1) is 0 Å². The highest BCUT2D eigenvalue weighted by molar-refractivity contribution is 6.17. The molecule has 1 atom stereocenters. The molecule has 18 heavy (non-hydrogen) atoms. The Bertz CT molecular complexity index is 362. The van der Waals surface area contributed by atoms with Gasteiger partial charge in [-0.3, -0.25) is 9.58 Å². The summed E-state index contributed by atoms with van der Waals surface area (Å²) in [4.78, 5) is 2.57. The molecule has 0 N–H and O–H groups in total. The molecule has 3 nitrogen and oxygen atoms in total. The lowest BCUT2D eigenvalue weighted by Crippen LogP contribution is -2.29. The number of likely N-dealkylation sites (tertiary alicyclic amines) is 1. The molecule has 0 amide bonds. The van der Waals surface area contributed by atoms with E-state index in [4.69, 9.17) is 11.6 Å². The maximum absolute atomic E-state index is 5.79. The first-order valence-corrected chi connectivity index (χ1v) is 7.58. The minimum Gasteiger partial charge on any atom is -0.294 e. The van der Waals surface area contributed by atoms with E-state index in [-0.39, 0.29) is 0 Å². The smallest absolute Gasteiger partial charge is 0.0764 e. The summed E-state index contributed by atoms with van der Waals surface area (Å²) in [6.07, 6.45) is 7.08. The fourth-order valence-corrected chi connectivity index (χ4v) is 2.85. The van der Waals surface area contributed by atoms with Crippen LogP contribution < -0.4 is 0 Å². The lowest BCUT2D eigenvalue weighted by Gasteiger charge is -2.23. The first kappa shape index (κ1) is 13.9. The summed E-state index contributed by atoms with van der Waals surface area (Å²) >= 11 is 5.79. The van der Waals surface area contributed by atoms with Crippen molar-refractivity contribution in [2.45, 2.75) is 58.2 Å². The molecule has 2 rings (SSSR count). The van der Waals surface area contributed by atoms with Gasteiger partial charge < -0.3 is 0 Å². The van der Waals surface area contributed by atoms with E-state index < -0.39 is 0 Å². The second kappa shape index (κ2) is 6.58. The monoisotopic (exact) mass is 269 g/mol. The Hall–Kier alpha value is -0.540. The fourth-order valence-electron chi connectivity index (χ4n) is 2.70. The zero-order valence-electron chi connectivity index (χ0n) is 11.5. The van der Waals surface area contributed by atoms with Crippen molar-refractivity contribution >= 4 is 11.6 Å². The molecule has 0 saturated carbocycles. The number of halogens is 1. The summed E-state index contributed by atoms with van der Waals surface area (Å²) in [6, 6.07) is 3.31. The van der Waals surface area contributed by atoms with Gasteiger partial charge in [-0.1, -0.05) is 0 Å². The SMILES string of the molecule is CC(C)n1ccc(CN2CCCC2CCCCl)n1. The minimum absolute atomic E-state index is 0.448. The van der Waals surface area contributed by atoms with Crippen LogP contribution in [-0.4, -0.2) is 33.1 Å². The Morgan fingerprint density at radius 1 is 1.50 bits per heavy atom. The van der Waals surface area contributed by atoms with Crippen LogP contribution in [0.1, 0.15) is 51.3 Å². The van der Waals surface area contributed by atoms with Gasteiger partial charge in [-0.05, 0) is 52.1 Å². The summed E-state index contributed by atoms with van der Waals surface area (Å²) in [6.45, 7) is 6.53. The summed E-state index contributed by atoms with van der Waals surface area (Å²) in [5, 5.41) is 4.64. The van der Waals surface area contributed by atoms with E-state index in [1.165, 1.54) is 31.5 Å². The predicted octanol–water partition coefficient (Wildman–Crippen LogP) is 3.45. The fraction of sp³-hybridized carbons (Fsp3) is 0.786. The van der Waals surface area contributed by atoms with Crippen molar-refractivity contribution in [2.24, 2.45) is 0 Å². The van der Waals surface area contributed by atoms with Crippen LogP contribution in [0.25, 0.3) is 0 Å². The minimum atomic E-state index is 0.448. The predicted molar refractivity (Wildman–Crippen MR) is 76.0 cm³/mol. The quantitative estimate of drug-likeness (QED) is 0.738. The van der Waals surface area contributed by atoms with Gasteiger partial charge in [0.05, 0.1) is 5.69 Å². The van der Waals surface area contributed by atoms with Gasteiger partial charge in [-0.25, -0.2) is 0 Å². The molecule has 4 heteroatoms. The molecular formula is C14H24ClN3. The maximum Gasteiger partial charge on any atom is 0.0764 e. The molecule has 0 aliphatic carbocycles. The Balaban J connectivity index is 1.90. The Labute approximate surface area is 115 Å². The van der Waals surface area contributed by atoms with Gasteiger partial charge in [0.2, 0.25) is 0 Å². The maximum atomic E-state index is 5.79. The number of alkyl halides is 1. The molecule has 1 aliphatic rings. The van der Waals surface area contributed by atoms with E-state index in [1.54, 1.807) is 0 Å². The van der Waals surface area contributed by atoms with E-state index in [1.807, 2.05) is 4.68 Å². The van der Waals surface area contributed by atoms with Crippen LogP contribution in [0.2, 0.25) is 0 Å². The van der Waals surface area contributed by atoms with Crippen LogP contribution in [0.5, 0.6) is 0 Å². The third-order valence-corrected chi connectivity index (χ3v) is 4.00. The van der Waals surface area contributed by atoms with E-state index in [0.29, 0.717) is 12.1 Å². The molecular weight excluding hydrogens is 246 g/mol. The molecule has 1 unspecified atom stereocenters. The molecule has 0 radical (unpaired) electrons. The highest BCUT2D eigenvalue weighted by Crippen LogP contribution is 2.23. The van der Waals surface area contributed by atoms with Crippen molar-refractivity contribution < 1.29 is 0 Å². The van der Waals surface area contributed by atoms with E-state index in [0.717, 1.165) is 18.8 Å². The number of hydrogen-bond donors (Lipinski definition) is 0. The van der Waals surface area contributed by atoms with Crippen molar-refractivity contribution in [3.05, 3.63) is 18.0 Å². The topological polar surface area (TPSA) is 21.1 Å². The van der Waals surface area contributed by atoms with Crippen LogP contribution >= 0.6 is 11.6 Å². The van der Waals surface area contributed by atoms with Crippen molar-refractivity contribution in [3.63, 3.8) is 0 Å². The standard InChI is InChI=1S/C14H24ClN3/c1-12(2)18-10-7-13(16-18)11-17-9-4-6-14(17)5-3-8-15/h7,10,12,14H,3-6,8-9,11H2,1-2H3. The van der Waals surface area contributed by atoms with Gasteiger partial charge in [0.1, 0.15) is 0 Å². The zero-order chi connectivity index (χ0) is 13.0. The van der Waals surface area contributed by atoms with Gasteiger partial charge in [0.15, 0.2) is 0 Å². The molecule has 0 bridgehead atoms. The van der Waals surface area contributed by atoms with Gasteiger partial charge >= 0.3 is 0 Å². The van der Waals surface area contributed by atoms with Crippen molar-refractivity contribution in [1.82, 2.24) is 14.7 Å². The average molecular weight is 270 g/mol. The largest absolute Gasteiger partial charge is 0.294 e. The Morgan fingerprint density at radius 2 is 2.33 bits per heavy atom. The molecule has 1 fully saturated rings. The van der Waals surface area contributed by atoms with Crippen LogP contribution in [0.3, 0.4) is 0 Å². The molecule has 1 aromatic heterocycles. The van der Waals surface area contributed by atoms with Crippen LogP contribution in [0.4, 0.5) is 0 Å². The number of rotatable bonds is 6. The molecule has 0 spiro atoms. The zero-order valence-corrected chi connectivity index (χ0v) is 12.2. The van der Waals surface area contributed by atoms with E-state index in [2.05, 4.69) is 36.1 Å². The second-order valence-electron chi connectivity index (χ2n) is 5.48. The number of hydrogen-bond acceptors (Lipinski definition) is 2. The van der Waals surface area contributed by atoms with Crippen LogP contribution in [-0.2, 0) is 6.54 Å². The molecule has 2 heterocycles. The molecule has 0 aromatic carbocycles. The normalized spacial score (nSPS) is 21.0. The molecule has 1 aliphatic heterocycles. The summed E-state index contributed by atoms with van der Waals surface area (Å²) in [5.74, 6) is 0.784. The first-order chi connectivity index (χ1) is 8.70. The molecule has 1 aromatic rings. The summed E-state index contributed by atoms with van der Waals surface area (Å²) in [7, 11) is 0. The Kier molecular flexibility index (Phi) is 5.07. The molecule has 1 saturated heterocycles. The second-order valence-corrected chi connectivity index (χ2v) is 5.86. The average Bonchev–Trinajstić information content (AvgIpc) is 2.96. The van der Waals surface area contributed by atoms with E-state index in [9.17, 15) is 0 Å². The third kappa shape index (κ3) is 3.48. The number of aromatic nitrogens is 2. The highest BCUT2D eigenvalue weighted by atomic mass is 35.5. The lowest BCUT2D eigenvalue weighted by atomic mass is 10.1. The van der Waals surface area contributed by atoms with Gasteiger partial charge in [-0.2, -0.15) is 5.10 Å². The molecule has 102 valence electrons. The van der Waals surface area contributed by atoms with Gasteiger partial charge in [-0.15, -0.1) is 11.6 Å². The number of nitrogens with zero attached hydrogens (tertiary/aromatic N) is 3. The first-order valence-electron chi connectivity index (χ1n) is 7.04. The highest BCUT2D eigenvalue weighted by Gasteiger charge is 2.24. The van der Waals surface area contributed by atoms with Crippen molar-refractivity contribution in [3.8, 4) is 0 Å². The lowest BCUT2D eigenvalue weighted by molar-refractivity contribution is 0.230. The summed E-state index contributed by atoms with van der Waals surface area (Å²) < 4.78 is 2.04. The van der Waals surface area contributed by atoms with Crippen LogP contribution in [0.15, 0.2) is 12.3 Å².